The van der Waals surface area contributed by atoms with Gasteiger partial charge in [0.1, 0.15) is 6.04 Å². The molecule has 1 aliphatic rings. The molecule has 2 amide bonds. The van der Waals surface area contributed by atoms with Crippen LogP contribution in [-0.2, 0) is 14.3 Å². The Morgan fingerprint density at radius 2 is 1.77 bits per heavy atom. The lowest BCUT2D eigenvalue weighted by molar-refractivity contribution is -0.209. The number of amides is 2. The second kappa shape index (κ2) is 7.81. The smallest absolute Gasteiger partial charge is 0.261 e. The Morgan fingerprint density at radius 1 is 1.12 bits per heavy atom. The first-order valence-corrected chi connectivity index (χ1v) is 8.79. The predicted octanol–water partition coefficient (Wildman–Crippen LogP) is 3.49. The zero-order valence-corrected chi connectivity index (χ0v) is 15.2. The van der Waals surface area contributed by atoms with E-state index in [2.05, 4.69) is 0 Å². The van der Waals surface area contributed by atoms with E-state index in [1.807, 2.05) is 44.2 Å². The molecular formula is C21H23NO4. The van der Waals surface area contributed by atoms with Gasteiger partial charge in [-0.25, -0.2) is 0 Å². The van der Waals surface area contributed by atoms with Gasteiger partial charge >= 0.3 is 0 Å². The van der Waals surface area contributed by atoms with Crippen molar-refractivity contribution in [2.24, 2.45) is 0 Å². The van der Waals surface area contributed by atoms with Gasteiger partial charge in [0.2, 0.25) is 0 Å². The van der Waals surface area contributed by atoms with Crippen LogP contribution in [0.1, 0.15) is 41.4 Å². The van der Waals surface area contributed by atoms with E-state index in [9.17, 15) is 9.59 Å². The molecule has 2 aromatic rings. The second-order valence-corrected chi connectivity index (χ2v) is 6.31. The predicted molar refractivity (Wildman–Crippen MR) is 97.5 cm³/mol. The van der Waals surface area contributed by atoms with Crippen LogP contribution in [0.2, 0.25) is 0 Å². The Labute approximate surface area is 153 Å². The monoisotopic (exact) mass is 353 g/mol. The molecule has 1 fully saturated rings. The largest absolute Gasteiger partial charge is 0.353 e. The summed E-state index contributed by atoms with van der Waals surface area (Å²) in [7, 11) is 0. The average molecular weight is 353 g/mol. The Kier molecular flexibility index (Phi) is 5.49. The van der Waals surface area contributed by atoms with Crippen LogP contribution in [0.25, 0.3) is 0 Å². The van der Waals surface area contributed by atoms with Crippen molar-refractivity contribution < 1.29 is 19.1 Å². The Morgan fingerprint density at radius 3 is 2.38 bits per heavy atom. The molecule has 26 heavy (non-hydrogen) atoms. The summed E-state index contributed by atoms with van der Waals surface area (Å²) in [6.45, 7) is 6.10. The van der Waals surface area contributed by atoms with E-state index in [1.54, 1.807) is 31.2 Å². The second-order valence-electron chi connectivity index (χ2n) is 6.31. The molecule has 3 atom stereocenters. The molecule has 0 bridgehead atoms. The fourth-order valence-corrected chi connectivity index (χ4v) is 3.11. The highest BCUT2D eigenvalue weighted by molar-refractivity contribution is 6.10. The molecule has 0 aromatic heterocycles. The molecule has 3 rings (SSSR count). The van der Waals surface area contributed by atoms with Crippen molar-refractivity contribution in [1.82, 2.24) is 4.90 Å². The highest BCUT2D eigenvalue weighted by Gasteiger charge is 2.53. The third-order valence-corrected chi connectivity index (χ3v) is 4.44. The van der Waals surface area contributed by atoms with Crippen molar-refractivity contribution in [2.75, 3.05) is 6.61 Å². The van der Waals surface area contributed by atoms with E-state index in [1.165, 1.54) is 4.90 Å². The lowest BCUT2D eigenvalue weighted by Crippen LogP contribution is -2.62. The normalized spacial score (nSPS) is 20.6. The van der Waals surface area contributed by atoms with E-state index >= 15 is 0 Å². The summed E-state index contributed by atoms with van der Waals surface area (Å²) in [5.74, 6) is -0.652. The van der Waals surface area contributed by atoms with Crippen molar-refractivity contribution in [3.05, 3.63) is 71.3 Å². The minimum Gasteiger partial charge on any atom is -0.353 e. The molecule has 1 heterocycles. The van der Waals surface area contributed by atoms with Gasteiger partial charge in [-0.1, -0.05) is 48.0 Å². The van der Waals surface area contributed by atoms with Crippen molar-refractivity contribution in [2.45, 2.75) is 39.2 Å². The minimum absolute atomic E-state index is 0.315. The van der Waals surface area contributed by atoms with Gasteiger partial charge < -0.3 is 9.47 Å². The van der Waals surface area contributed by atoms with Crippen LogP contribution in [0, 0.1) is 6.92 Å². The number of ether oxygens (including phenoxy) is 2. The van der Waals surface area contributed by atoms with Gasteiger partial charge in [0.05, 0.1) is 0 Å². The molecule has 1 saturated heterocycles. The molecule has 3 unspecified atom stereocenters. The SMILES string of the molecule is CCOC(C)OC1C(=O)N(C(=O)c2ccccc2)C1c1ccc(C)cc1. The van der Waals surface area contributed by atoms with Gasteiger partial charge in [-0.2, -0.15) is 0 Å². The highest BCUT2D eigenvalue weighted by Crippen LogP contribution is 2.39. The first-order valence-electron chi connectivity index (χ1n) is 8.79. The maximum Gasteiger partial charge on any atom is 0.261 e. The zero-order valence-electron chi connectivity index (χ0n) is 15.2. The van der Waals surface area contributed by atoms with Gasteiger partial charge in [-0.15, -0.1) is 0 Å². The van der Waals surface area contributed by atoms with Gasteiger partial charge in [0, 0.05) is 12.2 Å². The Hall–Kier alpha value is -2.50. The number of rotatable bonds is 6. The molecule has 0 radical (unpaired) electrons. The summed E-state index contributed by atoms with van der Waals surface area (Å²) in [5, 5.41) is 0. The third kappa shape index (κ3) is 3.54. The van der Waals surface area contributed by atoms with Crippen molar-refractivity contribution >= 4 is 11.8 Å². The maximum absolute atomic E-state index is 12.9. The molecule has 0 spiro atoms. The number of hydrogen-bond acceptors (Lipinski definition) is 4. The first-order chi connectivity index (χ1) is 12.5. The number of carbonyl (C=O) groups excluding carboxylic acids is 2. The van der Waals surface area contributed by atoms with Crippen molar-refractivity contribution in [3.63, 3.8) is 0 Å². The third-order valence-electron chi connectivity index (χ3n) is 4.44. The number of hydrogen-bond donors (Lipinski definition) is 0. The van der Waals surface area contributed by atoms with E-state index in [0.717, 1.165) is 11.1 Å². The zero-order chi connectivity index (χ0) is 18.7. The number of nitrogens with zero attached hydrogens (tertiary/aromatic N) is 1. The quantitative estimate of drug-likeness (QED) is 0.453. The molecule has 1 aliphatic heterocycles. The van der Waals surface area contributed by atoms with Crippen LogP contribution in [0.5, 0.6) is 0 Å². The van der Waals surface area contributed by atoms with E-state index in [0.29, 0.717) is 12.2 Å². The standard InChI is InChI=1S/C21H23NO4/c1-4-25-15(3)26-19-18(16-12-10-14(2)11-13-16)22(21(19)24)20(23)17-8-6-5-7-9-17/h5-13,15,18-19H,4H2,1-3H3. The summed E-state index contributed by atoms with van der Waals surface area (Å²) in [6, 6.07) is 16.1. The molecule has 5 nitrogen and oxygen atoms in total. The van der Waals surface area contributed by atoms with E-state index in [-0.39, 0.29) is 11.8 Å². The number of likely N-dealkylation sites (tertiary alicyclic amines) is 1. The highest BCUT2D eigenvalue weighted by atomic mass is 16.7. The van der Waals surface area contributed by atoms with Crippen LogP contribution in [0.15, 0.2) is 54.6 Å². The van der Waals surface area contributed by atoms with Crippen molar-refractivity contribution in [1.29, 1.82) is 0 Å². The van der Waals surface area contributed by atoms with Gasteiger partial charge in [0.15, 0.2) is 12.4 Å². The summed E-state index contributed by atoms with van der Waals surface area (Å²) in [6.07, 6.45) is -1.25. The first kappa shape index (κ1) is 18.3. The maximum atomic E-state index is 12.9. The van der Waals surface area contributed by atoms with Crippen LogP contribution in [0.3, 0.4) is 0 Å². The molecule has 0 aliphatic carbocycles. The van der Waals surface area contributed by atoms with Gasteiger partial charge in [0.25, 0.3) is 11.8 Å². The molecule has 0 saturated carbocycles. The number of β-lactam (4-membered cyclic amide) rings is 1. The topological polar surface area (TPSA) is 55.8 Å². The lowest BCUT2D eigenvalue weighted by atomic mass is 9.89. The molecular weight excluding hydrogens is 330 g/mol. The Balaban J connectivity index is 1.89. The molecule has 5 heteroatoms. The van der Waals surface area contributed by atoms with E-state index in [4.69, 9.17) is 9.47 Å². The lowest BCUT2D eigenvalue weighted by Gasteiger charge is -2.46. The van der Waals surface area contributed by atoms with E-state index < -0.39 is 18.4 Å². The van der Waals surface area contributed by atoms with Crippen LogP contribution in [0.4, 0.5) is 0 Å². The summed E-state index contributed by atoms with van der Waals surface area (Å²) in [4.78, 5) is 26.8. The Bertz CT molecular complexity index is 772. The summed E-state index contributed by atoms with van der Waals surface area (Å²) < 4.78 is 11.2. The molecule has 0 N–H and O–H groups in total. The fraction of sp³-hybridized carbons (Fsp3) is 0.333. The van der Waals surface area contributed by atoms with Gasteiger partial charge in [-0.3, -0.25) is 14.5 Å². The molecule has 136 valence electrons. The number of benzene rings is 2. The van der Waals surface area contributed by atoms with Crippen LogP contribution < -0.4 is 0 Å². The number of imide groups is 1. The molecule has 2 aromatic carbocycles. The number of carbonyl (C=O) groups is 2. The summed E-state index contributed by atoms with van der Waals surface area (Å²) >= 11 is 0. The van der Waals surface area contributed by atoms with Crippen LogP contribution >= 0.6 is 0 Å². The summed E-state index contributed by atoms with van der Waals surface area (Å²) in [5.41, 5.74) is 2.46. The number of aryl methyl sites for hydroxylation is 1. The average Bonchev–Trinajstić information content (AvgIpc) is 2.65. The fourth-order valence-electron chi connectivity index (χ4n) is 3.11. The van der Waals surface area contributed by atoms with Gasteiger partial charge in [-0.05, 0) is 38.5 Å². The minimum atomic E-state index is -0.730. The van der Waals surface area contributed by atoms with Crippen molar-refractivity contribution in [3.8, 4) is 0 Å². The van der Waals surface area contributed by atoms with Crippen LogP contribution in [-0.4, -0.2) is 35.7 Å².